The molecule has 5 aliphatic rings. The zero-order valence-corrected chi connectivity index (χ0v) is 17.3. The zero-order chi connectivity index (χ0) is 20.2. The van der Waals surface area contributed by atoms with Gasteiger partial charge >= 0.3 is 0 Å². The molecule has 1 atom stereocenters. The lowest BCUT2D eigenvalue weighted by atomic mass is 9.84. The van der Waals surface area contributed by atoms with Crippen LogP contribution in [0.3, 0.4) is 0 Å². The summed E-state index contributed by atoms with van der Waals surface area (Å²) in [6.07, 6.45) is 6.75. The number of anilines is 1. The van der Waals surface area contributed by atoms with Gasteiger partial charge in [-0.05, 0) is 81.6 Å². The van der Waals surface area contributed by atoms with E-state index in [4.69, 9.17) is 5.10 Å². The van der Waals surface area contributed by atoms with Crippen molar-refractivity contribution in [2.24, 2.45) is 17.8 Å². The molecule has 7 rings (SSSR count). The largest absolute Gasteiger partial charge is 0.346 e. The number of carbonyl (C=O) groups is 2. The van der Waals surface area contributed by atoms with E-state index in [-0.39, 0.29) is 23.8 Å². The predicted octanol–water partition coefficient (Wildman–Crippen LogP) is 2.62. The molecule has 1 aromatic heterocycles. The Kier molecular flexibility index (Phi) is 4.33. The molecule has 4 heterocycles. The lowest BCUT2D eigenvalue weighted by Gasteiger charge is -2.44. The molecule has 30 heavy (non-hydrogen) atoms. The van der Waals surface area contributed by atoms with Crippen LogP contribution in [0, 0.1) is 17.8 Å². The summed E-state index contributed by atoms with van der Waals surface area (Å²) in [4.78, 5) is 27.9. The third kappa shape index (κ3) is 3.49. The maximum atomic E-state index is 13.3. The average molecular weight is 408 g/mol. The molecule has 2 aliphatic carbocycles. The summed E-state index contributed by atoms with van der Waals surface area (Å²) in [5.74, 6) is 1.39. The average Bonchev–Trinajstić information content (AvgIpc) is 3.67. The number of rotatable bonds is 6. The molecule has 158 valence electrons. The molecular formula is C23H29N5O2. The van der Waals surface area contributed by atoms with Crippen LogP contribution in [0.4, 0.5) is 5.69 Å². The first-order valence-corrected chi connectivity index (χ1v) is 11.5. The highest BCUT2D eigenvalue weighted by Crippen LogP contribution is 2.34. The van der Waals surface area contributed by atoms with Crippen molar-refractivity contribution in [2.45, 2.75) is 51.1 Å². The molecule has 3 saturated heterocycles. The van der Waals surface area contributed by atoms with E-state index in [0.717, 1.165) is 55.6 Å². The minimum atomic E-state index is -0.0843. The smallest absolute Gasteiger partial charge is 0.272 e. The molecule has 2 aromatic rings. The van der Waals surface area contributed by atoms with Crippen LogP contribution in [0.1, 0.15) is 49.0 Å². The van der Waals surface area contributed by atoms with Crippen molar-refractivity contribution >= 4 is 28.4 Å². The topological polar surface area (TPSA) is 79.3 Å². The summed E-state index contributed by atoms with van der Waals surface area (Å²) in [6, 6.07) is 6.07. The van der Waals surface area contributed by atoms with Crippen molar-refractivity contribution in [3.8, 4) is 0 Å². The normalized spacial score (nSPS) is 27.9. The first-order valence-electron chi connectivity index (χ1n) is 11.5. The standard InChI is InChI=1S/C23H29N5O2/c29-22(16-3-4-16)24-17-5-6-20-18(11-17)21(26-28(20)12-14-1-2-14)23(30)25-19-13-27-9-7-15(19)8-10-27/h5-6,11,14-16,19H,1-4,7-10,12-13H2,(H,24,29)(H,25,30)/t19-/m1/s1. The van der Waals surface area contributed by atoms with Crippen LogP contribution in [0.25, 0.3) is 10.9 Å². The Morgan fingerprint density at radius 3 is 2.53 bits per heavy atom. The molecule has 3 aliphatic heterocycles. The van der Waals surface area contributed by atoms with Crippen molar-refractivity contribution < 1.29 is 9.59 Å². The highest BCUT2D eigenvalue weighted by atomic mass is 16.2. The molecule has 2 N–H and O–H groups in total. The van der Waals surface area contributed by atoms with Crippen molar-refractivity contribution in [2.75, 3.05) is 25.0 Å². The van der Waals surface area contributed by atoms with Gasteiger partial charge in [0.25, 0.3) is 5.91 Å². The fourth-order valence-electron chi connectivity index (χ4n) is 5.06. The third-order valence-corrected chi connectivity index (χ3v) is 7.28. The van der Waals surface area contributed by atoms with Crippen molar-refractivity contribution in [3.63, 3.8) is 0 Å². The van der Waals surface area contributed by atoms with E-state index in [1.54, 1.807) is 0 Å². The number of hydrogen-bond acceptors (Lipinski definition) is 4. The van der Waals surface area contributed by atoms with Gasteiger partial charge in [-0.15, -0.1) is 0 Å². The maximum Gasteiger partial charge on any atom is 0.272 e. The Labute approximate surface area is 176 Å². The van der Waals surface area contributed by atoms with Crippen LogP contribution in [-0.4, -0.2) is 52.2 Å². The van der Waals surface area contributed by atoms with Crippen LogP contribution in [-0.2, 0) is 11.3 Å². The van der Waals surface area contributed by atoms with E-state index < -0.39 is 0 Å². The minimum absolute atomic E-state index is 0.0815. The molecule has 0 spiro atoms. The number of carbonyl (C=O) groups excluding carboxylic acids is 2. The molecule has 0 radical (unpaired) electrons. The molecule has 1 aromatic carbocycles. The molecule has 2 saturated carbocycles. The Bertz CT molecular complexity index is 998. The van der Waals surface area contributed by atoms with E-state index in [2.05, 4.69) is 15.5 Å². The van der Waals surface area contributed by atoms with Gasteiger partial charge in [-0.1, -0.05) is 0 Å². The first-order chi connectivity index (χ1) is 14.6. The quantitative estimate of drug-likeness (QED) is 0.772. The summed E-state index contributed by atoms with van der Waals surface area (Å²) in [5.41, 5.74) is 2.22. The Morgan fingerprint density at radius 1 is 1.07 bits per heavy atom. The summed E-state index contributed by atoms with van der Waals surface area (Å²) < 4.78 is 1.99. The third-order valence-electron chi connectivity index (χ3n) is 7.28. The van der Waals surface area contributed by atoms with Gasteiger partial charge in [-0.3, -0.25) is 14.3 Å². The summed E-state index contributed by atoms with van der Waals surface area (Å²) in [5, 5.41) is 11.9. The monoisotopic (exact) mass is 407 g/mol. The molecule has 2 bridgehead atoms. The zero-order valence-electron chi connectivity index (χ0n) is 17.3. The fourth-order valence-corrected chi connectivity index (χ4v) is 5.06. The van der Waals surface area contributed by atoms with Gasteiger partial charge in [0.15, 0.2) is 5.69 Å². The SMILES string of the molecule is O=C(N[C@@H]1CN2CCC1CC2)c1nn(CC2CC2)c2ccc(NC(=O)C3CC3)cc12. The van der Waals surface area contributed by atoms with Gasteiger partial charge < -0.3 is 15.5 Å². The molecular weight excluding hydrogens is 378 g/mol. The van der Waals surface area contributed by atoms with Gasteiger partial charge in [-0.2, -0.15) is 5.10 Å². The highest BCUT2D eigenvalue weighted by Gasteiger charge is 2.36. The first kappa shape index (κ1) is 18.4. The highest BCUT2D eigenvalue weighted by molar-refractivity contribution is 6.06. The number of aromatic nitrogens is 2. The fraction of sp³-hybridized carbons (Fsp3) is 0.609. The predicted molar refractivity (Wildman–Crippen MR) is 114 cm³/mol. The molecule has 5 fully saturated rings. The summed E-state index contributed by atoms with van der Waals surface area (Å²) >= 11 is 0. The van der Waals surface area contributed by atoms with E-state index in [9.17, 15) is 9.59 Å². The van der Waals surface area contributed by atoms with E-state index in [0.29, 0.717) is 17.5 Å². The molecule has 7 heteroatoms. The van der Waals surface area contributed by atoms with Crippen molar-refractivity contribution in [3.05, 3.63) is 23.9 Å². The van der Waals surface area contributed by atoms with Crippen LogP contribution in [0.2, 0.25) is 0 Å². The van der Waals surface area contributed by atoms with Gasteiger partial charge in [0.05, 0.1) is 5.52 Å². The number of piperidine rings is 3. The summed E-state index contributed by atoms with van der Waals surface area (Å²) in [6.45, 7) is 4.11. The lowest BCUT2D eigenvalue weighted by Crippen LogP contribution is -2.57. The molecule has 0 unspecified atom stereocenters. The number of nitrogens with zero attached hydrogens (tertiary/aromatic N) is 3. The number of fused-ring (bicyclic) bond motifs is 4. The van der Waals surface area contributed by atoms with Crippen molar-refractivity contribution in [1.82, 2.24) is 20.0 Å². The molecule has 2 amide bonds. The Morgan fingerprint density at radius 2 is 1.87 bits per heavy atom. The second-order valence-corrected chi connectivity index (χ2v) is 9.69. The van der Waals surface area contributed by atoms with Gasteiger partial charge in [0.2, 0.25) is 5.91 Å². The van der Waals surface area contributed by atoms with Gasteiger partial charge in [-0.25, -0.2) is 0 Å². The Balaban J connectivity index is 1.29. The van der Waals surface area contributed by atoms with E-state index in [1.165, 1.54) is 25.7 Å². The van der Waals surface area contributed by atoms with Crippen LogP contribution in [0.15, 0.2) is 18.2 Å². The van der Waals surface area contributed by atoms with Crippen LogP contribution >= 0.6 is 0 Å². The Hall–Kier alpha value is -2.41. The van der Waals surface area contributed by atoms with E-state index in [1.807, 2.05) is 22.9 Å². The van der Waals surface area contributed by atoms with Gasteiger partial charge in [0.1, 0.15) is 0 Å². The van der Waals surface area contributed by atoms with Crippen LogP contribution in [0.5, 0.6) is 0 Å². The number of hydrogen-bond donors (Lipinski definition) is 2. The van der Waals surface area contributed by atoms with Crippen LogP contribution < -0.4 is 10.6 Å². The minimum Gasteiger partial charge on any atom is -0.346 e. The van der Waals surface area contributed by atoms with Crippen molar-refractivity contribution in [1.29, 1.82) is 0 Å². The number of benzene rings is 1. The number of amides is 2. The maximum absolute atomic E-state index is 13.3. The molecule has 7 nitrogen and oxygen atoms in total. The summed E-state index contributed by atoms with van der Waals surface area (Å²) in [7, 11) is 0. The second kappa shape index (κ2) is 7.08. The number of nitrogens with one attached hydrogen (secondary N) is 2. The lowest BCUT2D eigenvalue weighted by molar-refractivity contribution is -0.117. The van der Waals surface area contributed by atoms with E-state index >= 15 is 0 Å². The second-order valence-electron chi connectivity index (χ2n) is 9.69. The van der Waals surface area contributed by atoms with Gasteiger partial charge in [0, 0.05) is 36.1 Å².